The highest BCUT2D eigenvalue weighted by Gasteiger charge is 2.49. The normalized spacial score (nSPS) is 21.9. The Hall–Kier alpha value is -2.62. The van der Waals surface area contributed by atoms with Gasteiger partial charge in [0.1, 0.15) is 5.54 Å². The van der Waals surface area contributed by atoms with E-state index in [0.717, 1.165) is 9.78 Å². The predicted molar refractivity (Wildman–Crippen MR) is 100 cm³/mol. The summed E-state index contributed by atoms with van der Waals surface area (Å²) in [6.45, 7) is 2.01. The summed E-state index contributed by atoms with van der Waals surface area (Å²) in [5.74, 6) is 0.689. The molecule has 0 unspecified atom stereocenters. The van der Waals surface area contributed by atoms with Crippen LogP contribution >= 0.6 is 11.3 Å². The number of nitrogens with zero attached hydrogens (tertiary/aromatic N) is 1. The summed E-state index contributed by atoms with van der Waals surface area (Å²) in [7, 11) is 0. The highest BCUT2D eigenvalue weighted by Crippen LogP contribution is 2.37. The molecule has 0 aliphatic carbocycles. The molecule has 0 radical (unpaired) electrons. The molecule has 0 bridgehead atoms. The number of benzene rings is 1. The third kappa shape index (κ3) is 3.44. The van der Waals surface area contributed by atoms with E-state index in [1.165, 1.54) is 0 Å². The van der Waals surface area contributed by atoms with Crippen molar-refractivity contribution in [2.24, 2.45) is 0 Å². The van der Waals surface area contributed by atoms with Gasteiger partial charge in [0.2, 0.25) is 6.79 Å². The van der Waals surface area contributed by atoms with E-state index in [0.29, 0.717) is 23.7 Å². The SMILES string of the molecule is C[C@]1(c2ccc3c(c2)OCO3)NC(=O)N(C[C@H](O)COCc2cccs2)C1=O. The maximum Gasteiger partial charge on any atom is 0.325 e. The summed E-state index contributed by atoms with van der Waals surface area (Å²) in [6.07, 6.45) is -0.978. The molecule has 2 N–H and O–H groups in total. The first-order valence-electron chi connectivity index (χ1n) is 8.80. The number of carbonyl (C=O) groups excluding carboxylic acids is 2. The van der Waals surface area contributed by atoms with Gasteiger partial charge in [-0.15, -0.1) is 11.3 Å². The molecule has 3 amide bonds. The van der Waals surface area contributed by atoms with Crippen LogP contribution in [0.3, 0.4) is 0 Å². The number of carbonyl (C=O) groups is 2. The molecule has 1 fully saturated rings. The molecule has 28 heavy (non-hydrogen) atoms. The van der Waals surface area contributed by atoms with Crippen LogP contribution in [0.2, 0.25) is 0 Å². The minimum Gasteiger partial charge on any atom is -0.454 e. The monoisotopic (exact) mass is 404 g/mol. The second-order valence-corrected chi connectivity index (χ2v) is 7.82. The minimum absolute atomic E-state index is 0.0235. The zero-order valence-corrected chi connectivity index (χ0v) is 16.0. The van der Waals surface area contributed by atoms with Gasteiger partial charge >= 0.3 is 6.03 Å². The van der Waals surface area contributed by atoms with Crippen molar-refractivity contribution in [3.63, 3.8) is 0 Å². The van der Waals surface area contributed by atoms with Gasteiger partial charge in [0.05, 0.1) is 25.9 Å². The van der Waals surface area contributed by atoms with E-state index >= 15 is 0 Å². The Kier molecular flexibility index (Phi) is 4.96. The second kappa shape index (κ2) is 7.42. The van der Waals surface area contributed by atoms with Crippen molar-refractivity contribution in [3.05, 3.63) is 46.2 Å². The third-order valence-corrected chi connectivity index (χ3v) is 5.60. The second-order valence-electron chi connectivity index (χ2n) is 6.79. The molecule has 0 spiro atoms. The van der Waals surface area contributed by atoms with Crippen molar-refractivity contribution in [3.8, 4) is 11.5 Å². The molecule has 2 aliphatic rings. The van der Waals surface area contributed by atoms with Crippen LogP contribution in [0, 0.1) is 0 Å². The van der Waals surface area contributed by atoms with E-state index in [-0.39, 0.29) is 19.9 Å². The Morgan fingerprint density at radius 2 is 2.14 bits per heavy atom. The molecule has 0 saturated carbocycles. The van der Waals surface area contributed by atoms with E-state index in [9.17, 15) is 14.7 Å². The smallest absolute Gasteiger partial charge is 0.325 e. The zero-order valence-electron chi connectivity index (χ0n) is 15.2. The van der Waals surface area contributed by atoms with E-state index in [4.69, 9.17) is 14.2 Å². The number of aliphatic hydroxyl groups excluding tert-OH is 1. The van der Waals surface area contributed by atoms with E-state index < -0.39 is 23.6 Å². The molecule has 3 heterocycles. The first kappa shape index (κ1) is 18.7. The van der Waals surface area contributed by atoms with Crippen molar-refractivity contribution in [1.29, 1.82) is 0 Å². The van der Waals surface area contributed by atoms with Gasteiger partial charge in [-0.25, -0.2) is 4.79 Å². The molecular formula is C19H20N2O6S. The number of urea groups is 1. The van der Waals surface area contributed by atoms with Crippen molar-refractivity contribution < 1.29 is 28.9 Å². The quantitative estimate of drug-likeness (QED) is 0.684. The van der Waals surface area contributed by atoms with E-state index in [1.807, 2.05) is 17.5 Å². The van der Waals surface area contributed by atoms with Gasteiger partial charge in [0.25, 0.3) is 5.91 Å². The Balaban J connectivity index is 1.40. The standard InChI is InChI=1S/C19H20N2O6S/c1-19(12-4-5-15-16(7-12)27-11-26-15)17(23)21(18(24)20-19)8-13(22)9-25-10-14-3-2-6-28-14/h2-7,13,22H,8-11H2,1H3,(H,20,24)/t13-,19+/m0/s1. The fourth-order valence-corrected chi connectivity index (χ4v) is 3.86. The lowest BCUT2D eigenvalue weighted by Gasteiger charge is -2.23. The molecule has 2 atom stereocenters. The van der Waals surface area contributed by atoms with Crippen LogP contribution in [-0.2, 0) is 21.7 Å². The molecule has 148 valence electrons. The summed E-state index contributed by atoms with van der Waals surface area (Å²) in [4.78, 5) is 27.4. The van der Waals surface area contributed by atoms with Crippen LogP contribution in [0.25, 0.3) is 0 Å². The highest BCUT2D eigenvalue weighted by atomic mass is 32.1. The van der Waals surface area contributed by atoms with E-state index in [1.54, 1.807) is 36.5 Å². The fourth-order valence-electron chi connectivity index (χ4n) is 3.22. The van der Waals surface area contributed by atoms with Crippen molar-refractivity contribution in [1.82, 2.24) is 10.2 Å². The number of rotatable bonds is 7. The van der Waals surface area contributed by atoms with Crippen LogP contribution < -0.4 is 14.8 Å². The van der Waals surface area contributed by atoms with Crippen molar-refractivity contribution >= 4 is 23.3 Å². The Bertz CT molecular complexity index is 887. The lowest BCUT2D eigenvalue weighted by Crippen LogP contribution is -2.42. The van der Waals surface area contributed by atoms with Gasteiger partial charge < -0.3 is 24.6 Å². The van der Waals surface area contributed by atoms with Gasteiger partial charge in [-0.05, 0) is 36.1 Å². The molecule has 4 rings (SSSR count). The van der Waals surface area contributed by atoms with Gasteiger partial charge in [-0.1, -0.05) is 12.1 Å². The fraction of sp³-hybridized carbons (Fsp3) is 0.368. The summed E-state index contributed by atoms with van der Waals surface area (Å²) in [6, 6.07) is 8.41. The van der Waals surface area contributed by atoms with E-state index in [2.05, 4.69) is 5.32 Å². The van der Waals surface area contributed by atoms with Crippen LogP contribution in [0.5, 0.6) is 11.5 Å². The average molecular weight is 404 g/mol. The lowest BCUT2D eigenvalue weighted by atomic mass is 9.91. The topological polar surface area (TPSA) is 97.3 Å². The molecule has 8 nitrogen and oxygen atoms in total. The maximum absolute atomic E-state index is 13.0. The minimum atomic E-state index is -1.24. The van der Waals surface area contributed by atoms with Crippen molar-refractivity contribution in [2.45, 2.75) is 25.2 Å². The first-order chi connectivity index (χ1) is 13.5. The summed E-state index contributed by atoms with van der Waals surface area (Å²) < 4.78 is 16.1. The van der Waals surface area contributed by atoms with Gasteiger partial charge in [-0.3, -0.25) is 9.69 Å². The predicted octanol–water partition coefficient (Wildman–Crippen LogP) is 1.82. The number of amides is 3. The zero-order chi connectivity index (χ0) is 19.7. The summed E-state index contributed by atoms with van der Waals surface area (Å²) in [5.41, 5.74) is -0.656. The largest absolute Gasteiger partial charge is 0.454 e. The number of hydrogen-bond donors (Lipinski definition) is 2. The van der Waals surface area contributed by atoms with Crippen molar-refractivity contribution in [2.75, 3.05) is 19.9 Å². The molecule has 9 heteroatoms. The number of fused-ring (bicyclic) bond motifs is 1. The molecule has 1 aromatic carbocycles. The Morgan fingerprint density at radius 1 is 1.32 bits per heavy atom. The third-order valence-electron chi connectivity index (χ3n) is 4.75. The first-order valence-corrected chi connectivity index (χ1v) is 9.68. The van der Waals surface area contributed by atoms with Gasteiger partial charge in [0.15, 0.2) is 11.5 Å². The van der Waals surface area contributed by atoms with Crippen LogP contribution in [-0.4, -0.2) is 48.0 Å². The summed E-state index contributed by atoms with van der Waals surface area (Å²) in [5, 5.41) is 14.9. The summed E-state index contributed by atoms with van der Waals surface area (Å²) >= 11 is 1.56. The number of hydrogen-bond acceptors (Lipinski definition) is 7. The number of imide groups is 1. The molecule has 1 aromatic heterocycles. The van der Waals surface area contributed by atoms with Crippen LogP contribution in [0.1, 0.15) is 17.4 Å². The maximum atomic E-state index is 13.0. The number of ether oxygens (including phenoxy) is 3. The number of aliphatic hydroxyl groups is 1. The van der Waals surface area contributed by atoms with Gasteiger partial charge in [-0.2, -0.15) is 0 Å². The molecular weight excluding hydrogens is 384 g/mol. The molecule has 2 aromatic rings. The van der Waals surface area contributed by atoms with Crippen LogP contribution in [0.15, 0.2) is 35.7 Å². The average Bonchev–Trinajstić information content (AvgIpc) is 3.39. The Morgan fingerprint density at radius 3 is 2.93 bits per heavy atom. The molecule has 1 saturated heterocycles. The number of nitrogens with one attached hydrogen (secondary N) is 1. The lowest BCUT2D eigenvalue weighted by molar-refractivity contribution is -0.132. The number of thiophene rings is 1. The molecule has 2 aliphatic heterocycles. The Labute approximate surface area is 165 Å². The van der Waals surface area contributed by atoms with Gasteiger partial charge in [0, 0.05) is 4.88 Å². The number of β-amino-alcohol motifs (C(OH)–C–C–N with tert-alkyl or cyclic N) is 1. The highest BCUT2D eigenvalue weighted by molar-refractivity contribution is 7.09. The van der Waals surface area contributed by atoms with Crippen LogP contribution in [0.4, 0.5) is 4.79 Å².